The van der Waals surface area contributed by atoms with Crippen LogP contribution in [0.15, 0.2) is 152 Å². The zero-order valence-electron chi connectivity index (χ0n) is 28.5. The van der Waals surface area contributed by atoms with Crippen LogP contribution in [0, 0.1) is 0 Å². The molecule has 0 unspecified atom stereocenters. The summed E-state index contributed by atoms with van der Waals surface area (Å²) in [6.45, 7) is 0. The third-order valence-electron chi connectivity index (χ3n) is 11.2. The molecular formula is C48H25N3S3. The monoisotopic (exact) mass is 739 g/mol. The first-order chi connectivity index (χ1) is 26.8. The summed E-state index contributed by atoms with van der Waals surface area (Å²) in [4.78, 5) is 12.4. The Morgan fingerprint density at radius 2 is 1.07 bits per heavy atom. The number of rotatable bonds is 2. The zero-order chi connectivity index (χ0) is 35.1. The Morgan fingerprint density at radius 1 is 0.407 bits per heavy atom. The van der Waals surface area contributed by atoms with E-state index in [0.717, 1.165) is 38.3 Å². The lowest BCUT2D eigenvalue weighted by atomic mass is 9.98. The van der Waals surface area contributed by atoms with Crippen LogP contribution in [0.3, 0.4) is 0 Å². The summed E-state index contributed by atoms with van der Waals surface area (Å²) >= 11 is 5.48. The maximum Gasteiger partial charge on any atom is 0.165 e. The SMILES string of the molecule is c1ccc2c(c1)ccc1c2sc2c1c1ccccc1c1c3ccccc3n(-c3nc4c(nc3-c3cccc5c3sc3ccccc35)sc3ccccc34)c21. The second-order valence-electron chi connectivity index (χ2n) is 14.0. The van der Waals surface area contributed by atoms with Crippen molar-refractivity contribution in [1.29, 1.82) is 0 Å². The molecule has 0 N–H and O–H groups in total. The number of aromatic nitrogens is 3. The van der Waals surface area contributed by atoms with E-state index in [1.165, 1.54) is 82.9 Å². The Labute approximate surface area is 319 Å². The third kappa shape index (κ3) is 3.79. The van der Waals surface area contributed by atoms with Crippen LogP contribution in [-0.2, 0) is 0 Å². The average molecular weight is 740 g/mol. The molecule has 0 spiro atoms. The molecule has 0 radical (unpaired) electrons. The van der Waals surface area contributed by atoms with E-state index in [-0.39, 0.29) is 0 Å². The van der Waals surface area contributed by atoms with E-state index < -0.39 is 0 Å². The number of fused-ring (bicyclic) bond motifs is 18. The van der Waals surface area contributed by atoms with Gasteiger partial charge in [0.1, 0.15) is 16.0 Å². The lowest BCUT2D eigenvalue weighted by Crippen LogP contribution is -2.03. The fourth-order valence-corrected chi connectivity index (χ4v) is 12.5. The van der Waals surface area contributed by atoms with Gasteiger partial charge in [0.25, 0.3) is 0 Å². The number of para-hydroxylation sites is 1. The molecule has 0 atom stereocenters. The van der Waals surface area contributed by atoms with Crippen molar-refractivity contribution < 1.29 is 0 Å². The van der Waals surface area contributed by atoms with E-state index in [4.69, 9.17) is 9.97 Å². The standard InChI is InChI=1S/C48H25N3S3/c1-2-13-27-26(12-1)24-25-34-40-30-16-4-3-15-29(30)39-32-17-5-8-21-36(32)51(43(39)46(40)54-44(27)34)47-41(50-48-42(49-47)33-18-7-10-23-38(33)53-48)35-20-11-19-31-28-14-6-9-22-37(28)52-45(31)35/h1-25H. The highest BCUT2D eigenvalue weighted by molar-refractivity contribution is 7.28. The van der Waals surface area contributed by atoms with E-state index in [0.29, 0.717) is 0 Å². The molecule has 0 amide bonds. The Balaban J connectivity index is 1.28. The van der Waals surface area contributed by atoms with Crippen molar-refractivity contribution in [2.75, 3.05) is 0 Å². The van der Waals surface area contributed by atoms with E-state index in [1.807, 2.05) is 22.7 Å². The first-order valence-electron chi connectivity index (χ1n) is 18.1. The summed E-state index contributed by atoms with van der Waals surface area (Å²) in [5.74, 6) is 0.862. The van der Waals surface area contributed by atoms with Gasteiger partial charge in [0.05, 0.1) is 15.7 Å². The van der Waals surface area contributed by atoms with E-state index in [1.54, 1.807) is 11.3 Å². The first-order valence-corrected chi connectivity index (χ1v) is 20.5. The van der Waals surface area contributed by atoms with Crippen LogP contribution in [0.5, 0.6) is 0 Å². The number of benzene rings is 8. The quantitative estimate of drug-likeness (QED) is 0.177. The van der Waals surface area contributed by atoms with Crippen molar-refractivity contribution in [3.63, 3.8) is 0 Å². The maximum atomic E-state index is 5.75. The highest BCUT2D eigenvalue weighted by Crippen LogP contribution is 2.50. The largest absolute Gasteiger partial charge is 0.290 e. The predicted octanol–water partition coefficient (Wildman–Crippen LogP) is 14.7. The Morgan fingerprint density at radius 3 is 1.93 bits per heavy atom. The molecular weight excluding hydrogens is 715 g/mol. The summed E-state index contributed by atoms with van der Waals surface area (Å²) in [6.07, 6.45) is 0. The molecule has 5 heterocycles. The second-order valence-corrected chi connectivity index (χ2v) is 17.1. The highest BCUT2D eigenvalue weighted by atomic mass is 32.1. The van der Waals surface area contributed by atoms with Crippen LogP contribution >= 0.6 is 34.0 Å². The van der Waals surface area contributed by atoms with Gasteiger partial charge in [0.15, 0.2) is 5.82 Å². The minimum absolute atomic E-state index is 0.862. The van der Waals surface area contributed by atoms with Gasteiger partial charge in [0, 0.05) is 62.1 Å². The van der Waals surface area contributed by atoms with Crippen molar-refractivity contribution in [1.82, 2.24) is 14.5 Å². The molecule has 250 valence electrons. The molecule has 0 aliphatic carbocycles. The molecule has 0 fully saturated rings. The molecule has 13 rings (SSSR count). The molecule has 0 saturated carbocycles. The van der Waals surface area contributed by atoms with Gasteiger partial charge in [-0.2, -0.15) is 0 Å². The lowest BCUT2D eigenvalue weighted by Gasteiger charge is -2.14. The van der Waals surface area contributed by atoms with Crippen LogP contribution in [0.4, 0.5) is 0 Å². The van der Waals surface area contributed by atoms with Crippen LogP contribution in [0.25, 0.3) is 121 Å². The summed E-state index contributed by atoms with van der Waals surface area (Å²) in [6, 6.07) is 55.3. The van der Waals surface area contributed by atoms with Gasteiger partial charge < -0.3 is 0 Å². The topological polar surface area (TPSA) is 30.7 Å². The molecule has 54 heavy (non-hydrogen) atoms. The molecule has 3 nitrogen and oxygen atoms in total. The molecule has 6 heteroatoms. The molecule has 13 aromatic rings. The van der Waals surface area contributed by atoms with Gasteiger partial charge in [-0.25, -0.2) is 9.97 Å². The highest BCUT2D eigenvalue weighted by Gasteiger charge is 2.26. The Kier molecular flexibility index (Phi) is 5.81. The average Bonchev–Trinajstić information content (AvgIpc) is 3.99. The Bertz CT molecular complexity index is 3750. The van der Waals surface area contributed by atoms with E-state index in [2.05, 4.69) is 156 Å². The Hall–Kier alpha value is -6.18. The van der Waals surface area contributed by atoms with Crippen molar-refractivity contribution in [3.8, 4) is 17.1 Å². The molecule has 5 aromatic heterocycles. The van der Waals surface area contributed by atoms with Gasteiger partial charge in [-0.15, -0.1) is 34.0 Å². The fraction of sp³-hybridized carbons (Fsp3) is 0. The number of thiophene rings is 3. The molecule has 0 aliphatic rings. The smallest absolute Gasteiger partial charge is 0.165 e. The summed E-state index contributed by atoms with van der Waals surface area (Å²) < 4.78 is 8.76. The molecule has 8 aromatic carbocycles. The van der Waals surface area contributed by atoms with Crippen LogP contribution in [0.1, 0.15) is 0 Å². The number of hydrogen-bond donors (Lipinski definition) is 0. The molecule has 0 aliphatic heterocycles. The maximum absolute atomic E-state index is 5.75. The summed E-state index contributed by atoms with van der Waals surface area (Å²) in [5.41, 5.74) is 5.28. The van der Waals surface area contributed by atoms with Crippen molar-refractivity contribution >= 4 is 138 Å². The molecule has 0 saturated heterocycles. The number of hydrogen-bond acceptors (Lipinski definition) is 5. The van der Waals surface area contributed by atoms with Crippen LogP contribution in [-0.4, -0.2) is 14.5 Å². The van der Waals surface area contributed by atoms with Crippen molar-refractivity contribution in [2.24, 2.45) is 0 Å². The molecule has 0 bridgehead atoms. The van der Waals surface area contributed by atoms with E-state index >= 15 is 0 Å². The predicted molar refractivity (Wildman–Crippen MR) is 235 cm³/mol. The fourth-order valence-electron chi connectivity index (χ4n) is 8.91. The minimum Gasteiger partial charge on any atom is -0.290 e. The van der Waals surface area contributed by atoms with Gasteiger partial charge in [-0.3, -0.25) is 4.57 Å². The van der Waals surface area contributed by atoms with Crippen LogP contribution in [0.2, 0.25) is 0 Å². The van der Waals surface area contributed by atoms with Crippen molar-refractivity contribution in [3.05, 3.63) is 152 Å². The van der Waals surface area contributed by atoms with Gasteiger partial charge >= 0.3 is 0 Å². The third-order valence-corrected chi connectivity index (χ3v) is 14.7. The number of nitrogens with zero attached hydrogens (tertiary/aromatic N) is 3. The van der Waals surface area contributed by atoms with Crippen molar-refractivity contribution in [2.45, 2.75) is 0 Å². The minimum atomic E-state index is 0.862. The summed E-state index contributed by atoms with van der Waals surface area (Å²) in [7, 11) is 0. The first kappa shape index (κ1) is 29.3. The van der Waals surface area contributed by atoms with Crippen LogP contribution < -0.4 is 0 Å². The zero-order valence-corrected chi connectivity index (χ0v) is 30.9. The van der Waals surface area contributed by atoms with Gasteiger partial charge in [0.2, 0.25) is 0 Å². The second kappa shape index (κ2) is 10.7. The normalized spacial score (nSPS) is 12.4. The summed E-state index contributed by atoms with van der Waals surface area (Å²) in [5, 5.41) is 13.8. The van der Waals surface area contributed by atoms with Gasteiger partial charge in [-0.05, 0) is 39.7 Å². The lowest BCUT2D eigenvalue weighted by molar-refractivity contribution is 1.09. The van der Waals surface area contributed by atoms with E-state index in [9.17, 15) is 0 Å². The van der Waals surface area contributed by atoms with Gasteiger partial charge in [-0.1, -0.05) is 133 Å².